The summed E-state index contributed by atoms with van der Waals surface area (Å²) in [5, 5.41) is 0. The molecule has 0 saturated carbocycles. The third-order valence-corrected chi connectivity index (χ3v) is 2.40. The highest BCUT2D eigenvalue weighted by Gasteiger charge is 2.02. The highest BCUT2D eigenvalue weighted by Crippen LogP contribution is 2.12. The first-order valence-corrected chi connectivity index (χ1v) is 5.19. The zero-order valence-electron chi connectivity index (χ0n) is 9.34. The van der Waals surface area contributed by atoms with E-state index in [1.165, 1.54) is 0 Å². The third kappa shape index (κ3) is 3.72. The van der Waals surface area contributed by atoms with E-state index in [1.54, 1.807) is 0 Å². The SMILES string of the molecule is CN(C)C=CC(=S)N(C)c1ccccc1. The molecule has 0 N–H and O–H groups in total. The van der Waals surface area contributed by atoms with Crippen molar-refractivity contribution in [1.29, 1.82) is 0 Å². The molecule has 0 radical (unpaired) electrons. The van der Waals surface area contributed by atoms with Gasteiger partial charge in [0.2, 0.25) is 0 Å². The van der Waals surface area contributed by atoms with E-state index >= 15 is 0 Å². The van der Waals surface area contributed by atoms with E-state index in [2.05, 4.69) is 0 Å². The zero-order chi connectivity index (χ0) is 11.3. The van der Waals surface area contributed by atoms with Gasteiger partial charge in [0, 0.05) is 33.0 Å². The van der Waals surface area contributed by atoms with Gasteiger partial charge in [0.1, 0.15) is 4.99 Å². The fourth-order valence-electron chi connectivity index (χ4n) is 1.10. The van der Waals surface area contributed by atoms with Crippen molar-refractivity contribution in [1.82, 2.24) is 4.90 Å². The summed E-state index contributed by atoms with van der Waals surface area (Å²) in [4.78, 5) is 4.75. The number of benzene rings is 1. The number of thiocarbonyl (C=S) groups is 1. The lowest BCUT2D eigenvalue weighted by molar-refractivity contribution is 0.564. The van der Waals surface area contributed by atoms with Crippen LogP contribution in [0.4, 0.5) is 5.69 Å². The van der Waals surface area contributed by atoms with E-state index in [-0.39, 0.29) is 0 Å². The summed E-state index contributed by atoms with van der Waals surface area (Å²) in [5.74, 6) is 0. The topological polar surface area (TPSA) is 6.48 Å². The Kier molecular flexibility index (Phi) is 4.31. The molecule has 0 amide bonds. The Morgan fingerprint density at radius 1 is 1.13 bits per heavy atom. The van der Waals surface area contributed by atoms with Gasteiger partial charge in [-0.25, -0.2) is 0 Å². The maximum absolute atomic E-state index is 5.29. The van der Waals surface area contributed by atoms with Crippen LogP contribution >= 0.6 is 12.2 Å². The average molecular weight is 220 g/mol. The van der Waals surface area contributed by atoms with Crippen LogP contribution < -0.4 is 4.90 Å². The molecule has 0 heterocycles. The molecule has 1 aromatic rings. The molecule has 1 rings (SSSR count). The number of anilines is 1. The second-order valence-electron chi connectivity index (χ2n) is 3.51. The predicted molar refractivity (Wildman–Crippen MR) is 70.3 cm³/mol. The summed E-state index contributed by atoms with van der Waals surface area (Å²) in [7, 11) is 5.92. The van der Waals surface area contributed by atoms with Gasteiger partial charge >= 0.3 is 0 Å². The van der Waals surface area contributed by atoms with Gasteiger partial charge < -0.3 is 9.80 Å². The van der Waals surface area contributed by atoms with Crippen molar-refractivity contribution < 1.29 is 0 Å². The summed E-state index contributed by atoms with van der Waals surface area (Å²) < 4.78 is 0. The van der Waals surface area contributed by atoms with Gasteiger partial charge in [0.25, 0.3) is 0 Å². The maximum atomic E-state index is 5.29. The van der Waals surface area contributed by atoms with Crippen LogP contribution in [0.2, 0.25) is 0 Å². The number of likely N-dealkylation sites (N-methyl/N-ethyl adjacent to an activating group) is 1. The van der Waals surface area contributed by atoms with Crippen LogP contribution in [0, 0.1) is 0 Å². The molecule has 0 aliphatic rings. The summed E-state index contributed by atoms with van der Waals surface area (Å²) >= 11 is 5.29. The molecule has 0 fully saturated rings. The van der Waals surface area contributed by atoms with Gasteiger partial charge in [-0.1, -0.05) is 30.4 Å². The first-order valence-electron chi connectivity index (χ1n) is 4.78. The van der Waals surface area contributed by atoms with Gasteiger partial charge in [-0.15, -0.1) is 0 Å². The van der Waals surface area contributed by atoms with Crippen molar-refractivity contribution in [2.45, 2.75) is 0 Å². The summed E-state index contributed by atoms with van der Waals surface area (Å²) in [5.41, 5.74) is 1.10. The van der Waals surface area contributed by atoms with Crippen molar-refractivity contribution >= 4 is 22.9 Å². The van der Waals surface area contributed by atoms with Crippen LogP contribution in [-0.4, -0.2) is 31.0 Å². The maximum Gasteiger partial charge on any atom is 0.107 e. The Labute approximate surface area is 96.8 Å². The standard InChI is InChI=1S/C12H16N2S/c1-13(2)10-9-12(15)14(3)11-7-5-4-6-8-11/h4-10H,1-3H3. The lowest BCUT2D eigenvalue weighted by atomic mass is 10.3. The average Bonchev–Trinajstić information content (AvgIpc) is 2.26. The molecule has 0 saturated heterocycles. The van der Waals surface area contributed by atoms with E-state index in [9.17, 15) is 0 Å². The number of hydrogen-bond donors (Lipinski definition) is 0. The quantitative estimate of drug-likeness (QED) is 0.571. The molecule has 0 aliphatic heterocycles. The van der Waals surface area contributed by atoms with E-state index in [0.29, 0.717) is 0 Å². The molecule has 0 spiro atoms. The molecular formula is C12H16N2S. The second kappa shape index (κ2) is 5.51. The van der Waals surface area contributed by atoms with Gasteiger partial charge in [-0.05, 0) is 18.2 Å². The van der Waals surface area contributed by atoms with Crippen molar-refractivity contribution in [2.24, 2.45) is 0 Å². The van der Waals surface area contributed by atoms with Gasteiger partial charge in [-0.3, -0.25) is 0 Å². The molecule has 0 aromatic heterocycles. The first-order chi connectivity index (χ1) is 7.11. The summed E-state index contributed by atoms with van der Waals surface area (Å²) in [6.07, 6.45) is 3.87. The predicted octanol–water partition coefficient (Wildman–Crippen LogP) is 2.53. The van der Waals surface area contributed by atoms with Crippen molar-refractivity contribution in [3.05, 3.63) is 42.6 Å². The summed E-state index contributed by atoms with van der Waals surface area (Å²) in [6.45, 7) is 0. The third-order valence-electron chi connectivity index (χ3n) is 1.99. The fraction of sp³-hybridized carbons (Fsp3) is 0.250. The smallest absolute Gasteiger partial charge is 0.107 e. The molecule has 0 unspecified atom stereocenters. The normalized spacial score (nSPS) is 10.3. The first kappa shape index (κ1) is 11.7. The molecule has 1 aromatic carbocycles. The Morgan fingerprint density at radius 3 is 2.27 bits per heavy atom. The molecular weight excluding hydrogens is 204 g/mol. The highest BCUT2D eigenvalue weighted by atomic mass is 32.1. The highest BCUT2D eigenvalue weighted by molar-refractivity contribution is 7.81. The van der Waals surface area contributed by atoms with E-state index < -0.39 is 0 Å². The van der Waals surface area contributed by atoms with Crippen LogP contribution in [-0.2, 0) is 0 Å². The van der Waals surface area contributed by atoms with Gasteiger partial charge in [-0.2, -0.15) is 0 Å². The Hall–Kier alpha value is -1.35. The lowest BCUT2D eigenvalue weighted by Gasteiger charge is -2.18. The van der Waals surface area contributed by atoms with Crippen LogP contribution in [0.25, 0.3) is 0 Å². The van der Waals surface area contributed by atoms with Crippen LogP contribution in [0.15, 0.2) is 42.6 Å². The fourth-order valence-corrected chi connectivity index (χ4v) is 1.27. The molecule has 0 aliphatic carbocycles. The second-order valence-corrected chi connectivity index (χ2v) is 3.93. The Morgan fingerprint density at radius 2 is 1.73 bits per heavy atom. The monoisotopic (exact) mass is 220 g/mol. The van der Waals surface area contributed by atoms with Crippen LogP contribution in [0.1, 0.15) is 0 Å². The molecule has 80 valence electrons. The Balaban J connectivity index is 2.69. The van der Waals surface area contributed by atoms with Crippen LogP contribution in [0.3, 0.4) is 0 Å². The number of rotatable bonds is 3. The molecule has 0 bridgehead atoms. The number of para-hydroxylation sites is 1. The van der Waals surface area contributed by atoms with E-state index in [0.717, 1.165) is 10.7 Å². The lowest BCUT2D eigenvalue weighted by Crippen LogP contribution is -2.22. The molecule has 2 nitrogen and oxygen atoms in total. The largest absolute Gasteiger partial charge is 0.383 e. The zero-order valence-corrected chi connectivity index (χ0v) is 10.2. The van der Waals surface area contributed by atoms with Crippen molar-refractivity contribution in [3.8, 4) is 0 Å². The molecule has 15 heavy (non-hydrogen) atoms. The minimum atomic E-state index is 0.801. The van der Waals surface area contributed by atoms with Crippen molar-refractivity contribution in [2.75, 3.05) is 26.0 Å². The van der Waals surface area contributed by atoms with Crippen molar-refractivity contribution in [3.63, 3.8) is 0 Å². The number of nitrogens with zero attached hydrogens (tertiary/aromatic N) is 2. The van der Waals surface area contributed by atoms with Gasteiger partial charge in [0.05, 0.1) is 0 Å². The van der Waals surface area contributed by atoms with E-state index in [4.69, 9.17) is 12.2 Å². The molecule has 0 atom stereocenters. The van der Waals surface area contributed by atoms with E-state index in [1.807, 2.05) is 73.6 Å². The van der Waals surface area contributed by atoms with Gasteiger partial charge in [0.15, 0.2) is 0 Å². The van der Waals surface area contributed by atoms with Crippen LogP contribution in [0.5, 0.6) is 0 Å². The summed E-state index contributed by atoms with van der Waals surface area (Å²) in [6, 6.07) is 10.1. The minimum absolute atomic E-state index is 0.801. The number of hydrogen-bond acceptors (Lipinski definition) is 2. The minimum Gasteiger partial charge on any atom is -0.383 e. The molecule has 3 heteroatoms. The Bertz CT molecular complexity index is 344.